The average Bonchev–Trinajstić information content (AvgIpc) is 2.79. The highest BCUT2D eigenvalue weighted by Crippen LogP contribution is 2.24. The van der Waals surface area contributed by atoms with Crippen LogP contribution in [0, 0.1) is 11.7 Å². The summed E-state index contributed by atoms with van der Waals surface area (Å²) in [4.78, 5) is 14.5. The van der Waals surface area contributed by atoms with Gasteiger partial charge in [-0.1, -0.05) is 31.2 Å². The summed E-state index contributed by atoms with van der Waals surface area (Å²) >= 11 is 0. The predicted octanol–water partition coefficient (Wildman–Crippen LogP) is 4.84. The van der Waals surface area contributed by atoms with E-state index in [-0.39, 0.29) is 18.4 Å². The molecule has 6 nitrogen and oxygen atoms in total. The van der Waals surface area contributed by atoms with Gasteiger partial charge in [-0.05, 0) is 60.7 Å². The number of hydrogen-bond donors (Lipinski definition) is 2. The number of carbonyl (C=O) groups is 1. The molecule has 0 unspecified atom stereocenters. The van der Waals surface area contributed by atoms with Gasteiger partial charge >= 0.3 is 6.03 Å². The third-order valence-electron chi connectivity index (χ3n) is 5.52. The Morgan fingerprint density at radius 2 is 1.87 bits per heavy atom. The first kappa shape index (κ1) is 20.8. The zero-order chi connectivity index (χ0) is 21.6. The van der Waals surface area contributed by atoms with E-state index in [2.05, 4.69) is 32.7 Å². The highest BCUT2D eigenvalue weighted by Gasteiger charge is 2.17. The van der Waals surface area contributed by atoms with Gasteiger partial charge in [0.2, 0.25) is 0 Å². The number of piperidine rings is 1. The predicted molar refractivity (Wildman–Crippen MR) is 120 cm³/mol. The molecule has 4 rings (SSSR count). The quantitative estimate of drug-likeness (QED) is 0.621. The first-order valence-electron chi connectivity index (χ1n) is 10.6. The van der Waals surface area contributed by atoms with E-state index in [9.17, 15) is 9.18 Å². The van der Waals surface area contributed by atoms with Gasteiger partial charge in [-0.3, -0.25) is 0 Å². The van der Waals surface area contributed by atoms with Crippen molar-refractivity contribution in [3.05, 3.63) is 72.0 Å². The molecule has 0 aliphatic carbocycles. The average molecular weight is 420 g/mol. The summed E-state index contributed by atoms with van der Waals surface area (Å²) in [5.41, 5.74) is 2.96. The molecule has 1 fully saturated rings. The molecule has 1 aliphatic heterocycles. The van der Waals surface area contributed by atoms with Crippen molar-refractivity contribution in [1.29, 1.82) is 0 Å². The second-order valence-electron chi connectivity index (χ2n) is 7.96. The van der Waals surface area contributed by atoms with Crippen molar-refractivity contribution < 1.29 is 9.18 Å². The van der Waals surface area contributed by atoms with Crippen LogP contribution in [0.25, 0.3) is 11.3 Å². The molecule has 0 bridgehead atoms. The molecule has 0 spiro atoms. The first-order valence-corrected chi connectivity index (χ1v) is 10.6. The zero-order valence-corrected chi connectivity index (χ0v) is 17.5. The molecule has 2 N–H and O–H groups in total. The van der Waals surface area contributed by atoms with Crippen LogP contribution in [0.5, 0.6) is 0 Å². The Morgan fingerprint density at radius 1 is 1.06 bits per heavy atom. The summed E-state index contributed by atoms with van der Waals surface area (Å²) in [6.45, 7) is 4.55. The van der Waals surface area contributed by atoms with Crippen LogP contribution in [-0.4, -0.2) is 29.3 Å². The maximum Gasteiger partial charge on any atom is 0.319 e. The maximum atomic E-state index is 13.2. The Hall–Kier alpha value is -3.48. The number of halogens is 1. The number of hydrogen-bond acceptors (Lipinski definition) is 4. The lowest BCUT2D eigenvalue weighted by molar-refractivity contribution is 0.251. The summed E-state index contributed by atoms with van der Waals surface area (Å²) in [5.74, 6) is 1.35. The number of aromatic nitrogens is 2. The van der Waals surface area contributed by atoms with E-state index in [4.69, 9.17) is 0 Å². The normalized spacial score (nSPS) is 14.3. The van der Waals surface area contributed by atoms with E-state index in [1.807, 2.05) is 36.4 Å². The Morgan fingerprint density at radius 3 is 2.61 bits per heavy atom. The van der Waals surface area contributed by atoms with Crippen molar-refractivity contribution in [2.24, 2.45) is 5.92 Å². The molecule has 1 aliphatic rings. The minimum absolute atomic E-state index is 0.242. The number of amides is 2. The fourth-order valence-electron chi connectivity index (χ4n) is 3.65. The minimum atomic E-state index is -0.359. The van der Waals surface area contributed by atoms with Crippen LogP contribution in [0.4, 0.5) is 20.7 Å². The van der Waals surface area contributed by atoms with Gasteiger partial charge in [-0.2, -0.15) is 0 Å². The highest BCUT2D eigenvalue weighted by molar-refractivity contribution is 5.90. The molecule has 3 aromatic rings. The van der Waals surface area contributed by atoms with Crippen LogP contribution < -0.4 is 15.5 Å². The molecule has 31 heavy (non-hydrogen) atoms. The van der Waals surface area contributed by atoms with E-state index in [1.54, 1.807) is 12.1 Å². The minimum Gasteiger partial charge on any atom is -0.355 e. The topological polar surface area (TPSA) is 70.2 Å². The van der Waals surface area contributed by atoms with Gasteiger partial charge in [0, 0.05) is 30.9 Å². The summed E-state index contributed by atoms with van der Waals surface area (Å²) in [5, 5.41) is 14.3. The smallest absolute Gasteiger partial charge is 0.319 e. The molecule has 1 aromatic heterocycles. The molecule has 2 heterocycles. The van der Waals surface area contributed by atoms with E-state index in [1.165, 1.54) is 25.0 Å². The van der Waals surface area contributed by atoms with Crippen molar-refractivity contribution in [2.75, 3.05) is 23.3 Å². The SMILES string of the molecule is CC1CCN(c2ccc(-c3cccc(NC(=O)NCc4cccc(F)c4)c3)nn2)CC1. The summed E-state index contributed by atoms with van der Waals surface area (Å²) in [6, 6.07) is 17.2. The number of rotatable bonds is 5. The molecule has 0 saturated carbocycles. The van der Waals surface area contributed by atoms with Crippen LogP contribution in [-0.2, 0) is 6.54 Å². The molecule has 0 atom stereocenters. The lowest BCUT2D eigenvalue weighted by Crippen LogP contribution is -2.33. The third kappa shape index (κ3) is 5.57. The monoisotopic (exact) mass is 419 g/mol. The van der Waals surface area contributed by atoms with Gasteiger partial charge in [0.15, 0.2) is 5.82 Å². The molecule has 0 radical (unpaired) electrons. The Bertz CT molecular complexity index is 1030. The van der Waals surface area contributed by atoms with Gasteiger partial charge in [0.1, 0.15) is 5.82 Å². The zero-order valence-electron chi connectivity index (χ0n) is 17.5. The summed E-state index contributed by atoms with van der Waals surface area (Å²) < 4.78 is 13.2. The molecule has 1 saturated heterocycles. The van der Waals surface area contributed by atoms with E-state index >= 15 is 0 Å². The first-order chi connectivity index (χ1) is 15.1. The van der Waals surface area contributed by atoms with E-state index < -0.39 is 0 Å². The summed E-state index contributed by atoms with van der Waals surface area (Å²) in [7, 11) is 0. The van der Waals surface area contributed by atoms with Crippen LogP contribution in [0.15, 0.2) is 60.7 Å². The van der Waals surface area contributed by atoms with Crippen LogP contribution in [0.3, 0.4) is 0 Å². The number of urea groups is 1. The third-order valence-corrected chi connectivity index (χ3v) is 5.52. The number of anilines is 2. The standard InChI is InChI=1S/C24H26FN5O/c1-17-10-12-30(13-11-17)23-9-8-22(28-29-23)19-5-3-7-21(15-19)27-24(31)26-16-18-4-2-6-20(25)14-18/h2-9,14-15,17H,10-13,16H2,1H3,(H2,26,27,31). The van der Waals surface area contributed by atoms with Crippen LogP contribution >= 0.6 is 0 Å². The van der Waals surface area contributed by atoms with Crippen LogP contribution in [0.1, 0.15) is 25.3 Å². The van der Waals surface area contributed by atoms with Crippen molar-refractivity contribution in [1.82, 2.24) is 15.5 Å². The number of benzene rings is 2. The van der Waals surface area contributed by atoms with E-state index in [0.29, 0.717) is 11.3 Å². The second kappa shape index (κ2) is 9.55. The number of carbonyl (C=O) groups excluding carboxylic acids is 1. The van der Waals surface area contributed by atoms with Crippen molar-refractivity contribution in [2.45, 2.75) is 26.3 Å². The van der Waals surface area contributed by atoms with Crippen molar-refractivity contribution >= 4 is 17.5 Å². The van der Waals surface area contributed by atoms with Crippen LogP contribution in [0.2, 0.25) is 0 Å². The number of nitrogens with one attached hydrogen (secondary N) is 2. The molecule has 2 aromatic carbocycles. The Kier molecular flexibility index (Phi) is 6.40. The second-order valence-corrected chi connectivity index (χ2v) is 7.96. The fraction of sp³-hybridized carbons (Fsp3) is 0.292. The lowest BCUT2D eigenvalue weighted by atomic mass is 9.99. The lowest BCUT2D eigenvalue weighted by Gasteiger charge is -2.30. The van der Waals surface area contributed by atoms with Gasteiger partial charge in [0.25, 0.3) is 0 Å². The molecule has 160 valence electrons. The maximum absolute atomic E-state index is 13.2. The van der Waals surface area contributed by atoms with Gasteiger partial charge in [-0.15, -0.1) is 10.2 Å². The number of nitrogens with zero attached hydrogens (tertiary/aromatic N) is 3. The van der Waals surface area contributed by atoms with Crippen molar-refractivity contribution in [3.8, 4) is 11.3 Å². The van der Waals surface area contributed by atoms with Crippen molar-refractivity contribution in [3.63, 3.8) is 0 Å². The molecule has 2 amide bonds. The van der Waals surface area contributed by atoms with E-state index in [0.717, 1.165) is 36.1 Å². The molecular weight excluding hydrogens is 393 g/mol. The Labute approximate surface area is 181 Å². The highest BCUT2D eigenvalue weighted by atomic mass is 19.1. The molecule has 7 heteroatoms. The fourth-order valence-corrected chi connectivity index (χ4v) is 3.65. The largest absolute Gasteiger partial charge is 0.355 e. The Balaban J connectivity index is 1.37. The summed E-state index contributed by atoms with van der Waals surface area (Å²) in [6.07, 6.45) is 2.36. The van der Waals surface area contributed by atoms with Gasteiger partial charge in [0.05, 0.1) is 5.69 Å². The van der Waals surface area contributed by atoms with Gasteiger partial charge < -0.3 is 15.5 Å². The van der Waals surface area contributed by atoms with Gasteiger partial charge in [-0.25, -0.2) is 9.18 Å². The molecular formula is C24H26FN5O.